The second kappa shape index (κ2) is 44.6. The van der Waals surface area contributed by atoms with Crippen LogP contribution < -0.4 is 81.8 Å². The molecule has 0 radical (unpaired) electrons. The van der Waals surface area contributed by atoms with Crippen LogP contribution in [0.5, 0.6) is 17.2 Å². The Kier molecular flexibility index (Phi) is 36.1. The maximum Gasteiger partial charge on any atom is 0.305 e. The minimum atomic E-state index is -2.03. The smallest absolute Gasteiger partial charge is 0.305 e. The molecule has 0 spiro atoms. The van der Waals surface area contributed by atoms with Gasteiger partial charge >= 0.3 is 5.97 Å². The highest BCUT2D eigenvalue weighted by molar-refractivity contribution is 6.18. The van der Waals surface area contributed by atoms with Crippen molar-refractivity contribution in [2.75, 3.05) is 19.6 Å². The Hall–Kier alpha value is -12.1. The van der Waals surface area contributed by atoms with Gasteiger partial charge in [0.25, 0.3) is 0 Å². The summed E-state index contributed by atoms with van der Waals surface area (Å²) in [5.74, 6) is -18.7. The predicted molar refractivity (Wildman–Crippen MR) is 402 cm³/mol. The van der Waals surface area contributed by atoms with E-state index in [-0.39, 0.29) is 119 Å². The topological polar surface area (TPSA) is 661 Å². The number of carboxylic acids is 1. The van der Waals surface area contributed by atoms with Gasteiger partial charge in [0, 0.05) is 38.8 Å². The van der Waals surface area contributed by atoms with E-state index in [1.54, 1.807) is 13.8 Å². The van der Waals surface area contributed by atoms with Gasteiger partial charge in [0.1, 0.15) is 83.7 Å². The summed E-state index contributed by atoms with van der Waals surface area (Å²) in [7, 11) is 0. The number of amides is 13. The highest BCUT2D eigenvalue weighted by Gasteiger charge is 2.43. The Morgan fingerprint density at radius 3 is 1.40 bits per heavy atom. The summed E-state index contributed by atoms with van der Waals surface area (Å²) in [4.78, 5) is 224. The van der Waals surface area contributed by atoms with E-state index < -0.39 is 198 Å². The lowest BCUT2D eigenvalue weighted by Crippen LogP contribution is -2.63. The van der Waals surface area contributed by atoms with E-state index in [1.165, 1.54) is 72.8 Å². The van der Waals surface area contributed by atoms with Crippen LogP contribution >= 0.6 is 0 Å². The molecule has 2 aliphatic rings. The van der Waals surface area contributed by atoms with E-state index in [4.69, 9.17) is 28.7 Å². The van der Waals surface area contributed by atoms with Crippen LogP contribution in [0.2, 0.25) is 0 Å². The maximum atomic E-state index is 14.7. The third-order valence-corrected chi connectivity index (χ3v) is 18.3. The van der Waals surface area contributed by atoms with Crippen LogP contribution in [0.1, 0.15) is 121 Å². The molecule has 3 aromatic carbocycles. The Labute approximate surface area is 649 Å². The molecule has 0 saturated carbocycles. The Morgan fingerprint density at radius 1 is 0.496 bits per heavy atom. The maximum absolute atomic E-state index is 14.7. The van der Waals surface area contributed by atoms with Crippen LogP contribution in [0.25, 0.3) is 0 Å². The zero-order valence-corrected chi connectivity index (χ0v) is 63.0. The number of unbranched alkanes of at least 4 members (excludes halogenated alkanes) is 1. The van der Waals surface area contributed by atoms with Crippen LogP contribution in [0.4, 0.5) is 0 Å². The van der Waals surface area contributed by atoms with Gasteiger partial charge in [-0.1, -0.05) is 50.2 Å². The average Bonchev–Trinajstić information content (AvgIpc) is 1.73. The first kappa shape index (κ1) is 91.5. The number of ketones is 2. The summed E-state index contributed by atoms with van der Waals surface area (Å²) >= 11 is 0. The number of primary amides is 2. The van der Waals surface area contributed by atoms with E-state index >= 15 is 0 Å². The molecule has 0 unspecified atom stereocenters. The molecular weight excluding hydrogens is 1480 g/mol. The fourth-order valence-electron chi connectivity index (χ4n) is 12.3. The SMILES string of the molecule is CC(C)C[C@H](NC(=O)[C@H](CCCCN)NC(=O)[C@H](CCCN=C(N)N)NC(=O)[C@@H]1CCCN1C(=O)[C@H](CC(N)=O)NC(=O)[C@@H](NC(=O)[C@@H](NC(=O)[C@H](Cc1ccc(O)cc1)NC(=O)CCC1C(=O)C=CC1=O)[C@@H](C)O)[C@@H](C)O)C(=O)N[C@@H](Cc1ccc(O)cc1)C(=O)N[C@@H](CC(=O)O)C(=O)N[C@@H](Cc1ccc(O)cc1)C(N)=O. The van der Waals surface area contributed by atoms with Gasteiger partial charge in [0.2, 0.25) is 76.8 Å². The van der Waals surface area contributed by atoms with E-state index in [9.17, 15) is 107 Å². The predicted octanol–water partition coefficient (Wildman–Crippen LogP) is -5.40. The number of aromatic hydroxyl groups is 3. The van der Waals surface area contributed by atoms with Crippen LogP contribution in [-0.4, -0.2) is 234 Å². The molecule has 1 aliphatic heterocycles. The lowest BCUT2D eigenvalue weighted by Gasteiger charge is -2.31. The molecule has 1 aliphatic carbocycles. The van der Waals surface area contributed by atoms with Crippen molar-refractivity contribution in [1.29, 1.82) is 0 Å². The minimum Gasteiger partial charge on any atom is -0.508 e. The van der Waals surface area contributed by atoms with Gasteiger partial charge in [-0.3, -0.25) is 81.7 Å². The molecule has 26 N–H and O–H groups in total. The minimum absolute atomic E-state index is 0.00590. The first-order valence-electron chi connectivity index (χ1n) is 36.7. The van der Waals surface area contributed by atoms with Gasteiger partial charge in [-0.15, -0.1) is 0 Å². The van der Waals surface area contributed by atoms with Crippen LogP contribution in [0, 0.1) is 11.8 Å². The zero-order chi connectivity index (χ0) is 83.9. The second-order valence-electron chi connectivity index (χ2n) is 28.1. The number of nitrogens with one attached hydrogen (secondary N) is 10. The van der Waals surface area contributed by atoms with E-state index in [0.717, 1.165) is 30.9 Å². The van der Waals surface area contributed by atoms with E-state index in [2.05, 4.69) is 58.2 Å². The first-order chi connectivity index (χ1) is 53.3. The van der Waals surface area contributed by atoms with Crippen molar-refractivity contribution in [2.24, 2.45) is 45.5 Å². The third-order valence-electron chi connectivity index (χ3n) is 18.3. The van der Waals surface area contributed by atoms with Crippen LogP contribution in [0.15, 0.2) is 89.9 Å². The van der Waals surface area contributed by atoms with Crippen molar-refractivity contribution < 1.29 is 107 Å². The lowest BCUT2D eigenvalue weighted by molar-refractivity contribution is -0.144. The van der Waals surface area contributed by atoms with Crippen LogP contribution in [0.3, 0.4) is 0 Å². The quantitative estimate of drug-likeness (QED) is 0.0109. The lowest BCUT2D eigenvalue weighted by atomic mass is 9.98. The van der Waals surface area contributed by atoms with Crippen molar-refractivity contribution in [3.05, 3.63) is 102 Å². The number of aliphatic hydroxyl groups is 2. The number of carbonyl (C=O) groups excluding carboxylic acids is 15. The second-order valence-corrected chi connectivity index (χ2v) is 28.1. The number of aliphatic imine (C=N–C) groups is 1. The number of allylic oxidation sites excluding steroid dienone is 2. The number of hydrogen-bond acceptors (Lipinski definition) is 23. The summed E-state index contributed by atoms with van der Waals surface area (Å²) in [5, 5.41) is 86.0. The number of hydrogen-bond donors (Lipinski definition) is 21. The number of nitrogens with zero attached hydrogens (tertiary/aromatic N) is 2. The number of aliphatic carboxylic acids is 1. The molecule has 616 valence electrons. The number of phenols is 3. The number of benzene rings is 3. The molecule has 113 heavy (non-hydrogen) atoms. The Balaban J connectivity index is 1.35. The molecule has 13 amide bonds. The molecule has 5 rings (SSSR count). The standard InChI is InChI=1S/C74H103N17O22/c1-37(2)31-50(66(106)86-52(34-42-16-22-45(96)23-17-42)67(107)87-53(36-60(101)102)68(108)84-49(63(77)103)32-40-12-18-43(94)19-13-40)85-65(105)47(9-5-6-28-75)82-64(104)48(10-7-29-80-74(78)79)83-70(110)55-11-8-30-91(55)73(113)54(35-58(76)99)88-71(111)61(38(3)92)90-72(112)62(39(4)93)89-69(109)51(33-41-14-20-44(95)21-15-41)81-59(100)27-24-46-56(97)25-26-57(46)98/h12-23,25-26,37-39,46-55,61-62,92-96H,5-11,24,27-36,75H2,1-4H3,(H2,76,99)(H2,77,103)(H,81,100)(H,82,104)(H,83,110)(H,84,108)(H,85,105)(H,86,106)(H,87,107)(H,88,111)(H,89,109)(H,90,112)(H,101,102)(H4,78,79,80)/t38-,39-,47+,48+,49+,50+,51+,52+,53+,54+,55+,61+,62+/m1/s1. The van der Waals surface area contributed by atoms with Crippen molar-refractivity contribution in [2.45, 2.75) is 203 Å². The summed E-state index contributed by atoms with van der Waals surface area (Å²) < 4.78 is 0. The molecule has 13 atom stereocenters. The Morgan fingerprint density at radius 2 is 0.912 bits per heavy atom. The number of nitrogens with two attached hydrogens (primary N) is 5. The van der Waals surface area contributed by atoms with E-state index in [1.807, 2.05) is 0 Å². The molecule has 39 nitrogen and oxygen atoms in total. The van der Waals surface area contributed by atoms with Gasteiger partial charge in [-0.2, -0.15) is 0 Å². The van der Waals surface area contributed by atoms with Gasteiger partial charge in [0.05, 0.1) is 31.0 Å². The first-order valence-corrected chi connectivity index (χ1v) is 36.7. The fraction of sp³-hybridized carbons (Fsp3) is 0.500. The number of phenolic OH excluding ortho intramolecular Hbond substituents is 3. The van der Waals surface area contributed by atoms with Crippen LogP contribution in [-0.2, 0) is 96.0 Å². The highest BCUT2D eigenvalue weighted by Crippen LogP contribution is 2.23. The molecule has 1 saturated heterocycles. The number of carboxylic acid groups (broad SMARTS) is 1. The zero-order valence-electron chi connectivity index (χ0n) is 63.0. The van der Waals surface area contributed by atoms with Gasteiger partial charge in [-0.05, 0) is 149 Å². The fourth-order valence-corrected chi connectivity index (χ4v) is 12.3. The molecule has 1 heterocycles. The van der Waals surface area contributed by atoms with Gasteiger partial charge in [-0.25, -0.2) is 0 Å². The summed E-state index contributed by atoms with van der Waals surface area (Å²) in [6, 6.07) is -2.01. The average molecular weight is 1580 g/mol. The summed E-state index contributed by atoms with van der Waals surface area (Å²) in [6.45, 7) is 5.39. The van der Waals surface area contributed by atoms with Gasteiger partial charge in [0.15, 0.2) is 17.5 Å². The summed E-state index contributed by atoms with van der Waals surface area (Å²) in [5.41, 5.74) is 29.4. The normalized spacial score (nSPS) is 16.5. The van der Waals surface area contributed by atoms with Gasteiger partial charge < -0.3 is 117 Å². The molecular formula is C74H103N17O22. The number of aliphatic hydroxyl groups excluding tert-OH is 2. The molecule has 0 aromatic heterocycles. The Bertz CT molecular complexity index is 3930. The number of rotatable bonds is 46. The summed E-state index contributed by atoms with van der Waals surface area (Å²) in [6.07, 6.45) is -4.71. The van der Waals surface area contributed by atoms with Crippen molar-refractivity contribution >= 4 is 100 Å². The number of guanidine groups is 1. The third kappa shape index (κ3) is 30.2. The largest absolute Gasteiger partial charge is 0.508 e. The molecule has 39 heteroatoms. The van der Waals surface area contributed by atoms with E-state index in [0.29, 0.717) is 23.1 Å². The number of carbonyl (C=O) groups is 16. The van der Waals surface area contributed by atoms with Crippen molar-refractivity contribution in [1.82, 2.24) is 58.1 Å². The molecule has 1 fully saturated rings. The van der Waals surface area contributed by atoms with Crippen molar-refractivity contribution in [3.63, 3.8) is 0 Å². The monoisotopic (exact) mass is 1580 g/mol. The van der Waals surface area contributed by atoms with Crippen molar-refractivity contribution in [3.8, 4) is 17.2 Å². The molecule has 3 aromatic rings. The number of likely N-dealkylation sites (tertiary alicyclic amines) is 1. The molecule has 0 bridgehead atoms. The highest BCUT2D eigenvalue weighted by atomic mass is 16.4.